The molecule has 3 heterocycles. The molecule has 2 aromatic rings. The molecule has 2 amide bonds. The SMILES string of the molecule is O=C1Nc2ccccc2N(C(=O)CN2CCCCC2)c2ncccc21. The molecule has 0 unspecified atom stereocenters. The Labute approximate surface area is 146 Å². The van der Waals surface area contributed by atoms with Crippen molar-refractivity contribution in [1.29, 1.82) is 0 Å². The van der Waals surface area contributed by atoms with Crippen LogP contribution >= 0.6 is 0 Å². The lowest BCUT2D eigenvalue weighted by Crippen LogP contribution is -2.41. The standard InChI is InChI=1S/C19H20N4O2/c24-17(13-22-11-4-1-5-12-22)23-16-9-3-2-8-15(16)21-19(25)14-7-6-10-20-18(14)23/h2-3,6-10H,1,4-5,11-13H2,(H,21,25). The number of piperidine rings is 1. The summed E-state index contributed by atoms with van der Waals surface area (Å²) in [6.07, 6.45) is 5.08. The molecule has 25 heavy (non-hydrogen) atoms. The predicted molar refractivity (Wildman–Crippen MR) is 96.1 cm³/mol. The van der Waals surface area contributed by atoms with Crippen molar-refractivity contribution >= 4 is 29.0 Å². The summed E-state index contributed by atoms with van der Waals surface area (Å²) in [7, 11) is 0. The van der Waals surface area contributed by atoms with Crippen LogP contribution in [0.25, 0.3) is 0 Å². The van der Waals surface area contributed by atoms with Crippen LogP contribution in [0.3, 0.4) is 0 Å². The first-order valence-electron chi connectivity index (χ1n) is 8.65. The molecule has 0 spiro atoms. The number of carbonyl (C=O) groups is 2. The zero-order chi connectivity index (χ0) is 17.2. The van der Waals surface area contributed by atoms with Crippen molar-refractivity contribution in [3.8, 4) is 0 Å². The summed E-state index contributed by atoms with van der Waals surface area (Å²) in [4.78, 5) is 33.8. The fourth-order valence-corrected chi connectivity index (χ4v) is 3.46. The van der Waals surface area contributed by atoms with Gasteiger partial charge in [0.05, 0.1) is 23.5 Å². The molecule has 6 nitrogen and oxygen atoms in total. The Morgan fingerprint density at radius 3 is 2.72 bits per heavy atom. The highest BCUT2D eigenvalue weighted by atomic mass is 16.2. The largest absolute Gasteiger partial charge is 0.320 e. The summed E-state index contributed by atoms with van der Waals surface area (Å²) in [6, 6.07) is 10.8. The Balaban J connectivity index is 1.75. The minimum atomic E-state index is -0.246. The maximum Gasteiger partial charge on any atom is 0.259 e. The van der Waals surface area contributed by atoms with E-state index >= 15 is 0 Å². The van der Waals surface area contributed by atoms with Gasteiger partial charge in [0.2, 0.25) is 5.91 Å². The molecule has 0 bridgehead atoms. The van der Waals surface area contributed by atoms with E-state index in [1.165, 1.54) is 6.42 Å². The molecule has 0 atom stereocenters. The van der Waals surface area contributed by atoms with Gasteiger partial charge in [0.25, 0.3) is 5.91 Å². The topological polar surface area (TPSA) is 65.5 Å². The highest BCUT2D eigenvalue weighted by molar-refractivity contribution is 6.17. The number of pyridine rings is 1. The fraction of sp³-hybridized carbons (Fsp3) is 0.316. The van der Waals surface area contributed by atoms with E-state index in [9.17, 15) is 9.59 Å². The summed E-state index contributed by atoms with van der Waals surface area (Å²) in [5.74, 6) is 0.0848. The van der Waals surface area contributed by atoms with Crippen molar-refractivity contribution < 1.29 is 9.59 Å². The van der Waals surface area contributed by atoms with E-state index < -0.39 is 0 Å². The second-order valence-corrected chi connectivity index (χ2v) is 6.41. The average molecular weight is 336 g/mol. The molecular formula is C19H20N4O2. The van der Waals surface area contributed by atoms with Gasteiger partial charge in [0.15, 0.2) is 5.82 Å². The molecule has 1 saturated heterocycles. The van der Waals surface area contributed by atoms with Crippen molar-refractivity contribution in [3.63, 3.8) is 0 Å². The van der Waals surface area contributed by atoms with Gasteiger partial charge >= 0.3 is 0 Å². The molecule has 1 aromatic carbocycles. The molecular weight excluding hydrogens is 316 g/mol. The third-order valence-corrected chi connectivity index (χ3v) is 4.69. The minimum Gasteiger partial charge on any atom is -0.320 e. The van der Waals surface area contributed by atoms with E-state index in [1.807, 2.05) is 18.2 Å². The molecule has 128 valence electrons. The molecule has 2 aliphatic rings. The number of amides is 2. The van der Waals surface area contributed by atoms with Crippen LogP contribution in [-0.4, -0.2) is 41.3 Å². The number of nitrogens with one attached hydrogen (secondary N) is 1. The molecule has 1 N–H and O–H groups in total. The Morgan fingerprint density at radius 2 is 1.88 bits per heavy atom. The number of rotatable bonds is 2. The van der Waals surface area contributed by atoms with Crippen LogP contribution in [0.15, 0.2) is 42.6 Å². The van der Waals surface area contributed by atoms with Crippen molar-refractivity contribution in [2.45, 2.75) is 19.3 Å². The number of aromatic nitrogens is 1. The molecule has 4 rings (SSSR count). The first kappa shape index (κ1) is 15.8. The summed E-state index contributed by atoms with van der Waals surface area (Å²) in [5.41, 5.74) is 1.69. The number of nitrogens with zero attached hydrogens (tertiary/aromatic N) is 3. The van der Waals surface area contributed by atoms with Gasteiger partial charge in [-0.25, -0.2) is 4.98 Å². The highest BCUT2D eigenvalue weighted by Crippen LogP contribution is 2.36. The second-order valence-electron chi connectivity index (χ2n) is 6.41. The van der Waals surface area contributed by atoms with Gasteiger partial charge in [-0.05, 0) is 50.2 Å². The number of benzene rings is 1. The van der Waals surface area contributed by atoms with Gasteiger partial charge in [0, 0.05) is 6.20 Å². The van der Waals surface area contributed by atoms with Crippen molar-refractivity contribution in [2.75, 3.05) is 29.9 Å². The Morgan fingerprint density at radius 1 is 1.08 bits per heavy atom. The van der Waals surface area contributed by atoms with Crippen LogP contribution in [0, 0.1) is 0 Å². The molecule has 1 fully saturated rings. The number of anilines is 3. The van der Waals surface area contributed by atoms with Crippen molar-refractivity contribution in [2.24, 2.45) is 0 Å². The van der Waals surface area contributed by atoms with E-state index in [4.69, 9.17) is 0 Å². The van der Waals surface area contributed by atoms with E-state index in [2.05, 4.69) is 15.2 Å². The number of carbonyl (C=O) groups excluding carboxylic acids is 2. The zero-order valence-electron chi connectivity index (χ0n) is 13.9. The van der Waals surface area contributed by atoms with Crippen LogP contribution in [0.2, 0.25) is 0 Å². The molecule has 6 heteroatoms. The van der Waals surface area contributed by atoms with E-state index in [0.29, 0.717) is 29.3 Å². The lowest BCUT2D eigenvalue weighted by Gasteiger charge is -2.29. The fourth-order valence-electron chi connectivity index (χ4n) is 3.46. The van der Waals surface area contributed by atoms with Crippen LogP contribution in [0.1, 0.15) is 29.6 Å². The third kappa shape index (κ3) is 3.00. The maximum absolute atomic E-state index is 13.2. The lowest BCUT2D eigenvalue weighted by molar-refractivity contribution is -0.119. The number of hydrogen-bond donors (Lipinski definition) is 1. The second kappa shape index (κ2) is 6.64. The van der Waals surface area contributed by atoms with E-state index in [0.717, 1.165) is 25.9 Å². The van der Waals surface area contributed by atoms with Gasteiger partial charge in [-0.1, -0.05) is 18.6 Å². The summed E-state index contributed by atoms with van der Waals surface area (Å²) in [6.45, 7) is 2.21. The number of fused-ring (bicyclic) bond motifs is 2. The molecule has 0 radical (unpaired) electrons. The van der Waals surface area contributed by atoms with Crippen LogP contribution in [0.5, 0.6) is 0 Å². The number of hydrogen-bond acceptors (Lipinski definition) is 4. The monoisotopic (exact) mass is 336 g/mol. The van der Waals surface area contributed by atoms with Crippen LogP contribution in [-0.2, 0) is 4.79 Å². The van der Waals surface area contributed by atoms with Crippen LogP contribution in [0.4, 0.5) is 17.2 Å². The highest BCUT2D eigenvalue weighted by Gasteiger charge is 2.31. The molecule has 0 aliphatic carbocycles. The van der Waals surface area contributed by atoms with Crippen LogP contribution < -0.4 is 10.2 Å². The summed E-state index contributed by atoms with van der Waals surface area (Å²) in [5, 5.41) is 2.88. The smallest absolute Gasteiger partial charge is 0.259 e. The van der Waals surface area contributed by atoms with Gasteiger partial charge in [0.1, 0.15) is 0 Å². The predicted octanol–water partition coefficient (Wildman–Crippen LogP) is 2.80. The van der Waals surface area contributed by atoms with Crippen molar-refractivity contribution in [3.05, 3.63) is 48.2 Å². The first-order chi connectivity index (χ1) is 12.2. The van der Waals surface area contributed by atoms with Gasteiger partial charge < -0.3 is 5.32 Å². The quantitative estimate of drug-likeness (QED) is 0.916. The summed E-state index contributed by atoms with van der Waals surface area (Å²) < 4.78 is 0. The van der Waals surface area contributed by atoms with E-state index in [1.54, 1.807) is 29.3 Å². The lowest BCUT2D eigenvalue weighted by atomic mass is 10.1. The van der Waals surface area contributed by atoms with Crippen molar-refractivity contribution in [1.82, 2.24) is 9.88 Å². The Bertz CT molecular complexity index is 815. The molecule has 2 aliphatic heterocycles. The Kier molecular flexibility index (Phi) is 4.19. The van der Waals surface area contributed by atoms with Gasteiger partial charge in [-0.15, -0.1) is 0 Å². The zero-order valence-corrected chi connectivity index (χ0v) is 13.9. The number of para-hydroxylation sites is 2. The summed E-state index contributed by atoms with van der Waals surface area (Å²) >= 11 is 0. The maximum atomic E-state index is 13.2. The van der Waals surface area contributed by atoms with Gasteiger partial charge in [-0.3, -0.25) is 19.4 Å². The first-order valence-corrected chi connectivity index (χ1v) is 8.65. The minimum absolute atomic E-state index is 0.0641. The third-order valence-electron chi connectivity index (χ3n) is 4.69. The Hall–Kier alpha value is -2.73. The van der Waals surface area contributed by atoms with Gasteiger partial charge in [-0.2, -0.15) is 0 Å². The average Bonchev–Trinajstić information content (AvgIpc) is 2.76. The molecule has 1 aromatic heterocycles. The van der Waals surface area contributed by atoms with E-state index in [-0.39, 0.29) is 11.8 Å². The molecule has 0 saturated carbocycles. The normalized spacial score (nSPS) is 17.3. The number of likely N-dealkylation sites (tertiary alicyclic amines) is 1.